The minimum absolute atomic E-state index is 0.0652. The van der Waals surface area contributed by atoms with Crippen LogP contribution in [0.15, 0.2) is 66.3 Å². The van der Waals surface area contributed by atoms with Crippen molar-refractivity contribution in [1.82, 2.24) is 10.3 Å². The van der Waals surface area contributed by atoms with Crippen molar-refractivity contribution in [3.8, 4) is 0 Å². The average Bonchev–Trinajstić information content (AvgIpc) is 3.32. The van der Waals surface area contributed by atoms with Crippen molar-refractivity contribution in [3.63, 3.8) is 0 Å². The number of halogens is 1. The van der Waals surface area contributed by atoms with E-state index in [1.165, 1.54) is 28.7 Å². The lowest BCUT2D eigenvalue weighted by molar-refractivity contribution is -0.127. The number of nitrogens with one attached hydrogen (secondary N) is 1. The molecule has 2 aromatic heterocycles. The highest BCUT2D eigenvalue weighted by atomic mass is 32.1. The Morgan fingerprint density at radius 3 is 2.50 bits per heavy atom. The van der Waals surface area contributed by atoms with E-state index in [0.29, 0.717) is 5.56 Å². The van der Waals surface area contributed by atoms with Crippen molar-refractivity contribution in [2.75, 3.05) is 4.90 Å². The molecule has 0 aliphatic heterocycles. The average molecular weight is 452 g/mol. The van der Waals surface area contributed by atoms with Gasteiger partial charge in [-0.05, 0) is 54.1 Å². The summed E-state index contributed by atoms with van der Waals surface area (Å²) in [6.07, 6.45) is 8.39. The number of aromatic nitrogens is 1. The Balaban J connectivity index is 1.74. The maximum Gasteiger partial charge on any atom is 0.248 e. The zero-order chi connectivity index (χ0) is 22.3. The van der Waals surface area contributed by atoms with E-state index in [0.717, 1.165) is 30.6 Å². The van der Waals surface area contributed by atoms with Crippen molar-refractivity contribution >= 4 is 28.8 Å². The van der Waals surface area contributed by atoms with Gasteiger partial charge in [0.15, 0.2) is 0 Å². The lowest BCUT2D eigenvalue weighted by atomic mass is 9.94. The molecule has 7 heteroatoms. The van der Waals surface area contributed by atoms with E-state index in [4.69, 9.17) is 0 Å². The molecule has 4 rings (SSSR count). The van der Waals surface area contributed by atoms with Gasteiger partial charge in [0, 0.05) is 23.3 Å². The van der Waals surface area contributed by atoms with E-state index in [-0.39, 0.29) is 30.0 Å². The fourth-order valence-corrected chi connectivity index (χ4v) is 4.90. The maximum absolute atomic E-state index is 14.9. The third kappa shape index (κ3) is 5.22. The number of hydrogen-bond donors (Lipinski definition) is 1. The number of anilines is 1. The highest BCUT2D eigenvalue weighted by molar-refractivity contribution is 7.10. The molecule has 3 aromatic rings. The standard InChI is InChI=1S/C25H26FN3O2S/c26-21-10-4-5-11-22(21)29(23(30)17-20-9-6-16-32-20)24(18-12-14-27-15-13-18)25(31)28-19-7-2-1-3-8-19/h4-6,9-16,19,24H,1-3,7-8,17H2,(H,28,31)/t24-/m1/s1. The van der Waals surface area contributed by atoms with Crippen LogP contribution in [0, 0.1) is 5.82 Å². The quantitative estimate of drug-likeness (QED) is 0.547. The van der Waals surface area contributed by atoms with Gasteiger partial charge in [-0.25, -0.2) is 4.39 Å². The molecule has 1 aromatic carbocycles. The molecular formula is C25H26FN3O2S. The monoisotopic (exact) mass is 451 g/mol. The lowest BCUT2D eigenvalue weighted by Crippen LogP contribution is -2.48. The van der Waals surface area contributed by atoms with Crippen LogP contribution in [-0.2, 0) is 16.0 Å². The Hall–Kier alpha value is -3.06. The summed E-state index contributed by atoms with van der Waals surface area (Å²) in [5.74, 6) is -1.18. The van der Waals surface area contributed by atoms with E-state index < -0.39 is 11.9 Å². The van der Waals surface area contributed by atoms with Crippen molar-refractivity contribution in [1.29, 1.82) is 0 Å². The lowest BCUT2D eigenvalue weighted by Gasteiger charge is -2.33. The molecule has 1 N–H and O–H groups in total. The predicted molar refractivity (Wildman–Crippen MR) is 124 cm³/mol. The number of nitrogens with zero attached hydrogens (tertiary/aromatic N) is 2. The summed E-state index contributed by atoms with van der Waals surface area (Å²) >= 11 is 1.46. The molecule has 2 heterocycles. The first-order chi connectivity index (χ1) is 15.6. The first kappa shape index (κ1) is 22.1. The largest absolute Gasteiger partial charge is 0.351 e. The van der Waals surface area contributed by atoms with Crippen molar-refractivity contribution in [3.05, 3.63) is 82.6 Å². The summed E-state index contributed by atoms with van der Waals surface area (Å²) in [7, 11) is 0. The Kier molecular flexibility index (Phi) is 7.27. The second-order valence-corrected chi connectivity index (χ2v) is 9.03. The summed E-state index contributed by atoms with van der Waals surface area (Å²) in [6, 6.07) is 12.3. The van der Waals surface area contributed by atoms with Gasteiger partial charge in [0.1, 0.15) is 11.9 Å². The summed E-state index contributed by atoms with van der Waals surface area (Å²) in [4.78, 5) is 33.4. The SMILES string of the molecule is O=C(NC1CCCCC1)[C@@H](c1ccncc1)N(C(=O)Cc1cccs1)c1ccccc1F. The number of amides is 2. The number of pyridine rings is 1. The van der Waals surface area contributed by atoms with E-state index in [1.807, 2.05) is 17.5 Å². The van der Waals surface area contributed by atoms with Gasteiger partial charge in [-0.3, -0.25) is 19.5 Å². The molecule has 0 saturated heterocycles. The van der Waals surface area contributed by atoms with Crippen LogP contribution < -0.4 is 10.2 Å². The van der Waals surface area contributed by atoms with Gasteiger partial charge in [0.05, 0.1) is 12.1 Å². The highest BCUT2D eigenvalue weighted by Gasteiger charge is 2.35. The van der Waals surface area contributed by atoms with Crippen molar-refractivity contribution in [2.24, 2.45) is 0 Å². The Bertz CT molecular complexity index is 1040. The van der Waals surface area contributed by atoms with Gasteiger partial charge in [-0.1, -0.05) is 37.5 Å². The van der Waals surface area contributed by atoms with Gasteiger partial charge in [-0.2, -0.15) is 0 Å². The molecule has 1 aliphatic rings. The fraction of sp³-hybridized carbons (Fsp3) is 0.320. The third-order valence-electron chi connectivity index (χ3n) is 5.77. The normalized spacial score (nSPS) is 15.2. The Labute approximate surface area is 191 Å². The third-order valence-corrected chi connectivity index (χ3v) is 6.64. The summed E-state index contributed by atoms with van der Waals surface area (Å²) in [5.41, 5.74) is 0.686. The highest BCUT2D eigenvalue weighted by Crippen LogP contribution is 2.31. The van der Waals surface area contributed by atoms with Crippen LogP contribution in [0.2, 0.25) is 0 Å². The Morgan fingerprint density at radius 1 is 1.06 bits per heavy atom. The fourth-order valence-electron chi connectivity index (χ4n) is 4.20. The van der Waals surface area contributed by atoms with Gasteiger partial charge in [0.25, 0.3) is 0 Å². The molecule has 166 valence electrons. The van der Waals surface area contributed by atoms with Crippen LogP contribution in [0.4, 0.5) is 10.1 Å². The van der Waals surface area contributed by atoms with Crippen LogP contribution >= 0.6 is 11.3 Å². The molecule has 1 aliphatic carbocycles. The minimum Gasteiger partial charge on any atom is -0.351 e. The van der Waals surface area contributed by atoms with Crippen LogP contribution in [0.1, 0.15) is 48.6 Å². The zero-order valence-corrected chi connectivity index (χ0v) is 18.6. The molecule has 1 fully saturated rings. The van der Waals surface area contributed by atoms with Gasteiger partial charge in [-0.15, -0.1) is 11.3 Å². The van der Waals surface area contributed by atoms with Crippen LogP contribution in [0.25, 0.3) is 0 Å². The van der Waals surface area contributed by atoms with E-state index >= 15 is 0 Å². The van der Waals surface area contributed by atoms with Gasteiger partial charge < -0.3 is 5.32 Å². The molecular weight excluding hydrogens is 425 g/mol. The van der Waals surface area contributed by atoms with Crippen LogP contribution in [-0.4, -0.2) is 22.8 Å². The van der Waals surface area contributed by atoms with E-state index in [1.54, 1.807) is 42.7 Å². The Morgan fingerprint density at radius 2 is 1.81 bits per heavy atom. The maximum atomic E-state index is 14.9. The molecule has 32 heavy (non-hydrogen) atoms. The number of carbonyl (C=O) groups excluding carboxylic acids is 2. The van der Waals surface area contributed by atoms with Crippen LogP contribution in [0.5, 0.6) is 0 Å². The molecule has 0 radical (unpaired) electrons. The van der Waals surface area contributed by atoms with E-state index in [2.05, 4.69) is 10.3 Å². The minimum atomic E-state index is -0.996. The second-order valence-electron chi connectivity index (χ2n) is 8.00. The predicted octanol–water partition coefficient (Wildman–Crippen LogP) is 5.05. The number of benzene rings is 1. The molecule has 2 amide bonds. The summed E-state index contributed by atoms with van der Waals surface area (Å²) in [5, 5.41) is 5.02. The number of carbonyl (C=O) groups is 2. The summed E-state index contributed by atoms with van der Waals surface area (Å²) in [6.45, 7) is 0. The molecule has 1 atom stereocenters. The molecule has 0 bridgehead atoms. The topological polar surface area (TPSA) is 62.3 Å². The van der Waals surface area contributed by atoms with Crippen LogP contribution in [0.3, 0.4) is 0 Å². The van der Waals surface area contributed by atoms with Crippen molar-refractivity contribution < 1.29 is 14.0 Å². The number of thiophene rings is 1. The van der Waals surface area contributed by atoms with Crippen molar-refractivity contribution in [2.45, 2.75) is 50.6 Å². The molecule has 1 saturated carbocycles. The van der Waals surface area contributed by atoms with Gasteiger partial charge in [0.2, 0.25) is 11.8 Å². The number of rotatable bonds is 7. The molecule has 0 unspecified atom stereocenters. The smallest absolute Gasteiger partial charge is 0.248 e. The van der Waals surface area contributed by atoms with Gasteiger partial charge >= 0.3 is 0 Å². The first-order valence-electron chi connectivity index (χ1n) is 10.9. The zero-order valence-electron chi connectivity index (χ0n) is 17.7. The summed E-state index contributed by atoms with van der Waals surface area (Å²) < 4.78 is 14.9. The van der Waals surface area contributed by atoms with E-state index in [9.17, 15) is 14.0 Å². The number of hydrogen-bond acceptors (Lipinski definition) is 4. The number of para-hydroxylation sites is 1. The second kappa shape index (κ2) is 10.5. The molecule has 0 spiro atoms. The first-order valence-corrected chi connectivity index (χ1v) is 11.8. The molecule has 5 nitrogen and oxygen atoms in total.